The normalized spacial score (nSPS) is 35.2. The summed E-state index contributed by atoms with van der Waals surface area (Å²) in [6.45, 7) is 4.08. The number of hydrogen-bond acceptors (Lipinski definition) is 7. The number of ether oxygens (including phenoxy) is 1. The second kappa shape index (κ2) is 10.9. The molecule has 9 heteroatoms. The fourth-order valence-corrected chi connectivity index (χ4v) is 10.3. The molecule has 4 fully saturated rings. The average Bonchev–Trinajstić information content (AvgIpc) is 3.71. The van der Waals surface area contributed by atoms with Crippen molar-refractivity contribution >= 4 is 28.9 Å². The van der Waals surface area contributed by atoms with Gasteiger partial charge < -0.3 is 14.9 Å². The largest absolute Gasteiger partial charge is 0.449 e. The molecule has 7 nitrogen and oxygen atoms in total. The molecule has 0 radical (unpaired) electrons. The van der Waals surface area contributed by atoms with E-state index in [0.717, 1.165) is 67.2 Å². The lowest BCUT2D eigenvalue weighted by atomic mass is 9.45. The predicted molar refractivity (Wildman–Crippen MR) is 165 cm³/mol. The van der Waals surface area contributed by atoms with E-state index in [0.29, 0.717) is 12.8 Å². The molecular weight excluding hydrogens is 579 g/mol. The molecular formula is C35H39FN2O5S. The number of rotatable bonds is 5. The SMILES string of the molecule is C[C@]12Cc3cnn(-c4ccc(F)cc4)c3C=C1CC[C@@H]1[C@@H]2[C@@H](O)C[C@@]2(C)[C@H]1CC[C@]2(OC(=O)C1CC1)C(=O)SCC#CCO. The summed E-state index contributed by atoms with van der Waals surface area (Å²) < 4.78 is 21.8. The molecule has 1 aromatic carbocycles. The van der Waals surface area contributed by atoms with E-state index in [1.165, 1.54) is 17.7 Å². The van der Waals surface area contributed by atoms with E-state index in [-0.39, 0.29) is 58.3 Å². The summed E-state index contributed by atoms with van der Waals surface area (Å²) in [5.74, 6) is 5.20. The third-order valence-corrected chi connectivity index (χ3v) is 12.5. The Morgan fingerprint density at radius 3 is 2.66 bits per heavy atom. The van der Waals surface area contributed by atoms with Crippen LogP contribution in [-0.2, 0) is 20.7 Å². The van der Waals surface area contributed by atoms with Crippen molar-refractivity contribution in [2.24, 2.45) is 34.5 Å². The molecule has 0 spiro atoms. The number of fused-ring (bicyclic) bond motifs is 6. The van der Waals surface area contributed by atoms with Gasteiger partial charge in [0.2, 0.25) is 5.12 Å². The molecule has 5 aliphatic carbocycles. The molecule has 0 bridgehead atoms. The molecule has 44 heavy (non-hydrogen) atoms. The van der Waals surface area contributed by atoms with Crippen molar-refractivity contribution in [2.75, 3.05) is 12.4 Å². The number of carbonyl (C=O) groups is 2. The van der Waals surface area contributed by atoms with E-state index >= 15 is 0 Å². The lowest BCUT2D eigenvalue weighted by molar-refractivity contribution is -0.197. The molecule has 4 saturated carbocycles. The van der Waals surface area contributed by atoms with Gasteiger partial charge in [0, 0.05) is 5.41 Å². The zero-order chi connectivity index (χ0) is 30.9. The number of aromatic nitrogens is 2. The number of esters is 1. The Kier molecular flexibility index (Phi) is 7.34. The number of carbonyl (C=O) groups excluding carboxylic acids is 2. The van der Waals surface area contributed by atoms with Crippen LogP contribution < -0.4 is 0 Å². The van der Waals surface area contributed by atoms with Gasteiger partial charge in [-0.2, -0.15) is 5.10 Å². The molecule has 2 aromatic rings. The van der Waals surface area contributed by atoms with E-state index in [1.54, 1.807) is 12.1 Å². The Balaban J connectivity index is 1.21. The van der Waals surface area contributed by atoms with Gasteiger partial charge in [0.25, 0.3) is 0 Å². The van der Waals surface area contributed by atoms with Gasteiger partial charge in [-0.05, 0) is 110 Å². The third kappa shape index (κ3) is 4.51. The van der Waals surface area contributed by atoms with E-state index < -0.39 is 17.1 Å². The molecule has 0 amide bonds. The quantitative estimate of drug-likeness (QED) is 0.355. The van der Waals surface area contributed by atoms with Gasteiger partial charge in [0.15, 0.2) is 5.60 Å². The topological polar surface area (TPSA) is 102 Å². The molecule has 2 N–H and O–H groups in total. The Morgan fingerprint density at radius 2 is 1.93 bits per heavy atom. The Bertz CT molecular complexity index is 1590. The van der Waals surface area contributed by atoms with Crippen molar-refractivity contribution in [2.45, 2.75) is 76.9 Å². The van der Waals surface area contributed by atoms with Crippen molar-refractivity contribution in [1.82, 2.24) is 9.78 Å². The van der Waals surface area contributed by atoms with Crippen LogP contribution in [-0.4, -0.2) is 55.1 Å². The van der Waals surface area contributed by atoms with Crippen molar-refractivity contribution in [3.63, 3.8) is 0 Å². The first-order valence-corrected chi connectivity index (χ1v) is 16.8. The first-order valence-electron chi connectivity index (χ1n) is 15.8. The zero-order valence-corrected chi connectivity index (χ0v) is 26.0. The fraction of sp³-hybridized carbons (Fsp3) is 0.571. The molecule has 1 aromatic heterocycles. The van der Waals surface area contributed by atoms with E-state index in [9.17, 15) is 19.1 Å². The van der Waals surface area contributed by atoms with Crippen molar-refractivity contribution in [1.29, 1.82) is 0 Å². The van der Waals surface area contributed by atoms with Crippen LogP contribution in [0.5, 0.6) is 0 Å². The van der Waals surface area contributed by atoms with Crippen molar-refractivity contribution < 1.29 is 28.9 Å². The maximum atomic E-state index is 14.0. The summed E-state index contributed by atoms with van der Waals surface area (Å²) in [7, 11) is 0. The highest BCUT2D eigenvalue weighted by atomic mass is 32.2. The van der Waals surface area contributed by atoms with Crippen LogP contribution in [0.25, 0.3) is 11.8 Å². The minimum Gasteiger partial charge on any atom is -0.449 e. The van der Waals surface area contributed by atoms with E-state index in [1.807, 2.05) is 10.9 Å². The van der Waals surface area contributed by atoms with Crippen LogP contribution in [0.3, 0.4) is 0 Å². The highest BCUT2D eigenvalue weighted by Crippen LogP contribution is 2.69. The number of hydrogen-bond donors (Lipinski definition) is 2. The van der Waals surface area contributed by atoms with E-state index in [4.69, 9.17) is 9.84 Å². The average molecular weight is 619 g/mol. The maximum absolute atomic E-state index is 14.0. The van der Waals surface area contributed by atoms with Crippen LogP contribution >= 0.6 is 11.8 Å². The van der Waals surface area contributed by atoms with E-state index in [2.05, 4.69) is 36.9 Å². The van der Waals surface area contributed by atoms with Crippen LogP contribution in [0.4, 0.5) is 4.39 Å². The molecule has 0 unspecified atom stereocenters. The number of nitrogens with zero attached hydrogens (tertiary/aromatic N) is 2. The molecule has 0 aliphatic heterocycles. The van der Waals surface area contributed by atoms with Gasteiger partial charge in [-0.3, -0.25) is 9.59 Å². The van der Waals surface area contributed by atoms with Crippen LogP contribution in [0, 0.1) is 52.2 Å². The molecule has 7 atom stereocenters. The predicted octanol–water partition coefficient (Wildman–Crippen LogP) is 5.11. The van der Waals surface area contributed by atoms with Gasteiger partial charge in [0.1, 0.15) is 12.4 Å². The van der Waals surface area contributed by atoms with Crippen LogP contribution in [0.15, 0.2) is 36.0 Å². The number of thioether (sulfide) groups is 1. The summed E-state index contributed by atoms with van der Waals surface area (Å²) in [5.41, 5.74) is 1.95. The van der Waals surface area contributed by atoms with Gasteiger partial charge in [-0.15, -0.1) is 0 Å². The highest BCUT2D eigenvalue weighted by molar-refractivity contribution is 8.14. The minimum atomic E-state index is -1.30. The monoisotopic (exact) mass is 618 g/mol. The summed E-state index contributed by atoms with van der Waals surface area (Å²) >= 11 is 1.06. The fourth-order valence-electron chi connectivity index (χ4n) is 9.40. The first kappa shape index (κ1) is 29.8. The number of aliphatic hydroxyl groups is 2. The van der Waals surface area contributed by atoms with Gasteiger partial charge in [0.05, 0.1) is 35.4 Å². The Labute approximate surface area is 261 Å². The summed E-state index contributed by atoms with van der Waals surface area (Å²) in [6, 6.07) is 6.36. The molecule has 0 saturated heterocycles. The van der Waals surface area contributed by atoms with Gasteiger partial charge >= 0.3 is 5.97 Å². The summed E-state index contributed by atoms with van der Waals surface area (Å²) in [5, 5.41) is 25.6. The Hall–Kier alpha value is -2.93. The lowest BCUT2D eigenvalue weighted by Crippen LogP contribution is -2.62. The number of aliphatic hydroxyl groups excluding tert-OH is 2. The lowest BCUT2D eigenvalue weighted by Gasteiger charge is -2.60. The van der Waals surface area contributed by atoms with Crippen LogP contribution in [0.2, 0.25) is 0 Å². The number of allylic oxidation sites excluding steroid dienone is 1. The summed E-state index contributed by atoms with van der Waals surface area (Å²) in [6.07, 6.45) is 9.15. The van der Waals surface area contributed by atoms with Crippen molar-refractivity contribution in [3.8, 4) is 17.5 Å². The van der Waals surface area contributed by atoms with Gasteiger partial charge in [-0.25, -0.2) is 9.07 Å². The second-order valence-corrected chi connectivity index (χ2v) is 14.8. The maximum Gasteiger partial charge on any atom is 0.309 e. The van der Waals surface area contributed by atoms with Gasteiger partial charge in [-0.1, -0.05) is 43.0 Å². The van der Waals surface area contributed by atoms with Crippen LogP contribution in [0.1, 0.15) is 70.1 Å². The molecule has 1 heterocycles. The highest BCUT2D eigenvalue weighted by Gasteiger charge is 2.71. The number of halogens is 1. The standard InChI is InChI=1S/C35H39FN2O5S/c1-33-18-22-20-37-38(25-10-8-24(36)9-11-25)28(22)17-23(33)7-12-26-27-13-14-35(43-31(41)21-5-6-21,32(42)44-16-4-3-15-39)34(27,2)19-29(40)30(26)33/h8-11,17,20-21,26-27,29-30,39-40H,5-7,12-16,18-19H2,1-2H3/t26-,27-,29-,30+,33-,34-,35-/m0/s1. The molecule has 7 rings (SSSR count). The second-order valence-electron chi connectivity index (χ2n) is 13.9. The number of benzene rings is 1. The smallest absolute Gasteiger partial charge is 0.309 e. The molecule has 5 aliphatic rings. The minimum absolute atomic E-state index is 0.00370. The summed E-state index contributed by atoms with van der Waals surface area (Å²) in [4.78, 5) is 27.2. The third-order valence-electron chi connectivity index (χ3n) is 11.6. The first-order chi connectivity index (χ1) is 21.1. The Morgan fingerprint density at radius 1 is 1.16 bits per heavy atom. The van der Waals surface area contributed by atoms with Crippen molar-refractivity contribution in [3.05, 3.63) is 53.1 Å². The molecule has 232 valence electrons. The zero-order valence-electron chi connectivity index (χ0n) is 25.2.